The van der Waals surface area contributed by atoms with Crippen molar-refractivity contribution < 1.29 is 14.2 Å². The third-order valence-corrected chi connectivity index (χ3v) is 3.93. The molecule has 1 aromatic carbocycles. The van der Waals surface area contributed by atoms with Gasteiger partial charge in [-0.3, -0.25) is 0 Å². The van der Waals surface area contributed by atoms with Crippen molar-refractivity contribution in [3.8, 4) is 5.75 Å². The van der Waals surface area contributed by atoms with Gasteiger partial charge in [0.25, 0.3) is 0 Å². The van der Waals surface area contributed by atoms with Crippen LogP contribution in [0.15, 0.2) is 12.1 Å². The zero-order valence-corrected chi connectivity index (χ0v) is 11.8. The van der Waals surface area contributed by atoms with Crippen LogP contribution in [0, 0.1) is 6.92 Å². The van der Waals surface area contributed by atoms with Gasteiger partial charge in [-0.1, -0.05) is 13.0 Å². The number of aryl methyl sites for hydroxylation is 1. The summed E-state index contributed by atoms with van der Waals surface area (Å²) in [4.78, 5) is 0. The molecule has 0 saturated heterocycles. The van der Waals surface area contributed by atoms with Crippen LogP contribution in [0.1, 0.15) is 41.9 Å². The molecule has 1 aliphatic rings. The van der Waals surface area contributed by atoms with E-state index < -0.39 is 0 Å². The highest BCUT2D eigenvalue weighted by atomic mass is 16.7. The standard InChI is InChI=1S/C15H22O3/c1-9-6-13(15(17-4)18-5)12-7-10(2)14(16-3)8-11(9)12/h7-9,13,15H,6H2,1-5H3/t9-,13-/m0/s1. The fraction of sp³-hybridized carbons (Fsp3) is 0.600. The van der Waals surface area contributed by atoms with E-state index in [2.05, 4.69) is 26.0 Å². The van der Waals surface area contributed by atoms with Gasteiger partial charge in [0, 0.05) is 20.1 Å². The SMILES string of the molecule is COc1cc2c(cc1C)[C@@H](C(OC)OC)C[C@@H]2C. The molecule has 1 aromatic rings. The molecule has 0 fully saturated rings. The van der Waals surface area contributed by atoms with Crippen molar-refractivity contribution in [2.75, 3.05) is 21.3 Å². The third kappa shape index (κ3) is 2.13. The van der Waals surface area contributed by atoms with Gasteiger partial charge in [0.1, 0.15) is 5.75 Å². The fourth-order valence-electron chi connectivity index (χ4n) is 3.01. The Balaban J connectivity index is 2.42. The van der Waals surface area contributed by atoms with Crippen molar-refractivity contribution in [3.63, 3.8) is 0 Å². The topological polar surface area (TPSA) is 27.7 Å². The lowest BCUT2D eigenvalue weighted by Crippen LogP contribution is -2.21. The molecule has 0 radical (unpaired) electrons. The van der Waals surface area contributed by atoms with Crippen LogP contribution in [-0.4, -0.2) is 27.6 Å². The second kappa shape index (κ2) is 5.29. The highest BCUT2D eigenvalue weighted by molar-refractivity contribution is 5.48. The summed E-state index contributed by atoms with van der Waals surface area (Å²) in [6.45, 7) is 4.32. The fourth-order valence-corrected chi connectivity index (χ4v) is 3.01. The van der Waals surface area contributed by atoms with Crippen LogP contribution in [0.25, 0.3) is 0 Å². The smallest absolute Gasteiger partial charge is 0.163 e. The van der Waals surface area contributed by atoms with E-state index in [0.717, 1.165) is 12.2 Å². The molecule has 2 rings (SSSR count). The summed E-state index contributed by atoms with van der Waals surface area (Å²) in [5, 5.41) is 0. The number of methoxy groups -OCH3 is 3. The summed E-state index contributed by atoms with van der Waals surface area (Å²) in [6.07, 6.45) is 0.898. The van der Waals surface area contributed by atoms with E-state index in [1.807, 2.05) is 0 Å². The van der Waals surface area contributed by atoms with Crippen LogP contribution in [-0.2, 0) is 9.47 Å². The molecule has 0 aliphatic heterocycles. The van der Waals surface area contributed by atoms with E-state index >= 15 is 0 Å². The molecule has 2 atom stereocenters. The normalized spacial score (nSPS) is 22.3. The van der Waals surface area contributed by atoms with Gasteiger partial charge in [-0.05, 0) is 42.0 Å². The van der Waals surface area contributed by atoms with E-state index in [9.17, 15) is 0 Å². The van der Waals surface area contributed by atoms with E-state index in [1.54, 1.807) is 21.3 Å². The number of hydrogen-bond donors (Lipinski definition) is 0. The van der Waals surface area contributed by atoms with Crippen molar-refractivity contribution >= 4 is 0 Å². The number of ether oxygens (including phenoxy) is 3. The molecule has 0 bridgehead atoms. The van der Waals surface area contributed by atoms with E-state index in [-0.39, 0.29) is 6.29 Å². The molecule has 0 aromatic heterocycles. The summed E-state index contributed by atoms with van der Waals surface area (Å²) in [5.41, 5.74) is 3.87. The number of rotatable bonds is 4. The Morgan fingerprint density at radius 1 is 1.11 bits per heavy atom. The van der Waals surface area contributed by atoms with Crippen molar-refractivity contribution in [1.29, 1.82) is 0 Å². The molecule has 3 heteroatoms. The zero-order chi connectivity index (χ0) is 13.3. The van der Waals surface area contributed by atoms with Crippen LogP contribution in [0.5, 0.6) is 5.75 Å². The Kier molecular flexibility index (Phi) is 3.93. The minimum absolute atomic E-state index is 0.165. The average molecular weight is 250 g/mol. The lowest BCUT2D eigenvalue weighted by molar-refractivity contribution is -0.118. The van der Waals surface area contributed by atoms with E-state index in [4.69, 9.17) is 14.2 Å². The van der Waals surface area contributed by atoms with Crippen LogP contribution in [0.2, 0.25) is 0 Å². The second-order valence-electron chi connectivity index (χ2n) is 5.03. The monoisotopic (exact) mass is 250 g/mol. The van der Waals surface area contributed by atoms with Gasteiger partial charge in [-0.2, -0.15) is 0 Å². The maximum atomic E-state index is 5.43. The van der Waals surface area contributed by atoms with Gasteiger partial charge >= 0.3 is 0 Å². The average Bonchev–Trinajstić information content (AvgIpc) is 2.67. The summed E-state index contributed by atoms with van der Waals surface area (Å²) in [7, 11) is 5.12. The first-order valence-electron chi connectivity index (χ1n) is 6.36. The molecule has 0 heterocycles. The minimum atomic E-state index is -0.165. The molecule has 18 heavy (non-hydrogen) atoms. The van der Waals surface area contributed by atoms with Gasteiger partial charge in [0.2, 0.25) is 0 Å². The van der Waals surface area contributed by atoms with Crippen molar-refractivity contribution in [3.05, 3.63) is 28.8 Å². The van der Waals surface area contributed by atoms with Crippen LogP contribution in [0.3, 0.4) is 0 Å². The summed E-state index contributed by atoms with van der Waals surface area (Å²) >= 11 is 0. The first-order chi connectivity index (χ1) is 8.62. The van der Waals surface area contributed by atoms with Gasteiger partial charge in [-0.15, -0.1) is 0 Å². The lowest BCUT2D eigenvalue weighted by atomic mass is 9.98. The van der Waals surface area contributed by atoms with E-state index in [1.165, 1.54) is 16.7 Å². The quantitative estimate of drug-likeness (QED) is 0.768. The first kappa shape index (κ1) is 13.4. The first-order valence-corrected chi connectivity index (χ1v) is 6.36. The Labute approximate surface area is 109 Å². The molecular weight excluding hydrogens is 228 g/mol. The molecule has 0 N–H and O–H groups in total. The van der Waals surface area contributed by atoms with Crippen molar-refractivity contribution in [1.82, 2.24) is 0 Å². The molecule has 1 aliphatic carbocycles. The van der Waals surface area contributed by atoms with Crippen molar-refractivity contribution in [2.24, 2.45) is 0 Å². The predicted molar refractivity (Wildman–Crippen MR) is 71.3 cm³/mol. The summed E-state index contributed by atoms with van der Waals surface area (Å²) < 4.78 is 16.3. The lowest BCUT2D eigenvalue weighted by Gasteiger charge is -2.22. The minimum Gasteiger partial charge on any atom is -0.496 e. The number of hydrogen-bond acceptors (Lipinski definition) is 3. The Hall–Kier alpha value is -1.06. The summed E-state index contributed by atoms with van der Waals surface area (Å²) in [6, 6.07) is 4.38. The third-order valence-electron chi connectivity index (χ3n) is 3.93. The number of fused-ring (bicyclic) bond motifs is 1. The van der Waals surface area contributed by atoms with E-state index in [0.29, 0.717) is 11.8 Å². The largest absolute Gasteiger partial charge is 0.496 e. The Morgan fingerprint density at radius 3 is 2.33 bits per heavy atom. The Bertz CT molecular complexity index is 424. The Morgan fingerprint density at radius 2 is 1.78 bits per heavy atom. The molecule has 0 unspecified atom stereocenters. The van der Waals surface area contributed by atoms with Crippen LogP contribution < -0.4 is 4.74 Å². The number of benzene rings is 1. The highest BCUT2D eigenvalue weighted by Crippen LogP contribution is 2.46. The van der Waals surface area contributed by atoms with Crippen LogP contribution >= 0.6 is 0 Å². The molecule has 0 amide bonds. The predicted octanol–water partition coefficient (Wildman–Crippen LogP) is 3.21. The molecule has 3 nitrogen and oxygen atoms in total. The zero-order valence-electron chi connectivity index (χ0n) is 11.8. The second-order valence-corrected chi connectivity index (χ2v) is 5.03. The summed E-state index contributed by atoms with van der Waals surface area (Å²) in [5.74, 6) is 1.80. The van der Waals surface area contributed by atoms with Gasteiger partial charge in [0.15, 0.2) is 6.29 Å². The molecule has 100 valence electrons. The maximum Gasteiger partial charge on any atom is 0.163 e. The molecule has 0 spiro atoms. The van der Waals surface area contributed by atoms with Gasteiger partial charge < -0.3 is 14.2 Å². The van der Waals surface area contributed by atoms with Gasteiger partial charge in [0.05, 0.1) is 7.11 Å². The maximum absolute atomic E-state index is 5.43. The van der Waals surface area contributed by atoms with Crippen molar-refractivity contribution in [2.45, 2.75) is 38.4 Å². The van der Waals surface area contributed by atoms with Crippen LogP contribution in [0.4, 0.5) is 0 Å². The molecule has 0 saturated carbocycles. The van der Waals surface area contributed by atoms with Gasteiger partial charge in [-0.25, -0.2) is 0 Å². The highest BCUT2D eigenvalue weighted by Gasteiger charge is 2.34. The molecular formula is C15H22O3.